The van der Waals surface area contributed by atoms with Gasteiger partial charge < -0.3 is 9.84 Å². The number of hydrogen-bond donors (Lipinski definition) is 1. The Morgan fingerprint density at radius 2 is 2.09 bits per heavy atom. The van der Waals surface area contributed by atoms with Crippen LogP contribution in [0.3, 0.4) is 0 Å². The third kappa shape index (κ3) is 2.51. The minimum atomic E-state index is -3.79. The van der Waals surface area contributed by atoms with E-state index in [1.165, 1.54) is 17.5 Å². The molecule has 1 aromatic rings. The van der Waals surface area contributed by atoms with E-state index < -0.39 is 28.0 Å². The van der Waals surface area contributed by atoms with Crippen LogP contribution in [0.1, 0.15) is 24.8 Å². The van der Waals surface area contributed by atoms with Crippen LogP contribution in [-0.4, -0.2) is 43.0 Å². The van der Waals surface area contributed by atoms with Crippen LogP contribution in [0.5, 0.6) is 5.75 Å². The number of carbonyl (C=O) groups is 1. The van der Waals surface area contributed by atoms with Gasteiger partial charge in [0, 0.05) is 12.1 Å². The van der Waals surface area contributed by atoms with Crippen LogP contribution in [0.15, 0.2) is 17.0 Å². The van der Waals surface area contributed by atoms with Gasteiger partial charge in [0.2, 0.25) is 10.0 Å². The van der Waals surface area contributed by atoms with Gasteiger partial charge in [0.1, 0.15) is 5.75 Å². The number of sulfonamides is 1. The molecule has 0 saturated carbocycles. The van der Waals surface area contributed by atoms with Gasteiger partial charge in [-0.25, -0.2) is 8.42 Å². The van der Waals surface area contributed by atoms with Gasteiger partial charge in [-0.2, -0.15) is 4.31 Å². The highest BCUT2D eigenvalue weighted by Gasteiger charge is 2.54. The molecule has 0 spiro atoms. The number of ether oxygens (including phenoxy) is 1. The highest BCUT2D eigenvalue weighted by atomic mass is 35.5. The van der Waals surface area contributed by atoms with Crippen LogP contribution in [0, 0.1) is 12.8 Å². The standard InChI is InChI=1S/C15H18ClNO5S/c1-8-5-13(22-2)11(16)7-14(8)23(20,21)17-9-3-4-12(17)10(6-9)15(18)19/h5,7,9-10,12H,3-4,6H2,1-2H3,(H,18,19). The molecule has 8 heteroatoms. The number of aliphatic carboxylic acids is 1. The molecule has 2 heterocycles. The second-order valence-corrected chi connectivity index (χ2v) is 8.28. The zero-order chi connectivity index (χ0) is 16.9. The molecular formula is C15H18ClNO5S. The zero-order valence-electron chi connectivity index (χ0n) is 12.8. The van der Waals surface area contributed by atoms with Gasteiger partial charge in [-0.3, -0.25) is 4.79 Å². The molecule has 2 aliphatic heterocycles. The number of halogens is 1. The molecule has 23 heavy (non-hydrogen) atoms. The molecule has 0 aromatic heterocycles. The van der Waals surface area contributed by atoms with E-state index in [0.717, 1.165) is 0 Å². The van der Waals surface area contributed by atoms with Crippen molar-refractivity contribution in [2.75, 3.05) is 7.11 Å². The summed E-state index contributed by atoms with van der Waals surface area (Å²) >= 11 is 6.08. The molecule has 126 valence electrons. The average Bonchev–Trinajstić information content (AvgIpc) is 3.07. The normalized spacial score (nSPS) is 27.3. The summed E-state index contributed by atoms with van der Waals surface area (Å²) in [7, 11) is -2.32. The van der Waals surface area contributed by atoms with Crippen molar-refractivity contribution < 1.29 is 23.1 Å². The van der Waals surface area contributed by atoms with E-state index in [-0.39, 0.29) is 16.0 Å². The molecule has 2 aliphatic rings. The number of carboxylic acid groups (broad SMARTS) is 1. The van der Waals surface area contributed by atoms with Crippen molar-refractivity contribution in [1.29, 1.82) is 0 Å². The number of nitrogens with zero attached hydrogens (tertiary/aromatic N) is 1. The summed E-state index contributed by atoms with van der Waals surface area (Å²) in [5.41, 5.74) is 0.532. The Labute approximate surface area is 140 Å². The second-order valence-electron chi connectivity index (χ2n) is 6.07. The third-order valence-electron chi connectivity index (χ3n) is 4.79. The lowest BCUT2D eigenvalue weighted by molar-refractivity contribution is -0.142. The van der Waals surface area contributed by atoms with Crippen LogP contribution in [0.25, 0.3) is 0 Å². The number of rotatable bonds is 4. The molecule has 3 atom stereocenters. The molecule has 2 fully saturated rings. The fourth-order valence-corrected chi connectivity index (χ4v) is 6.22. The Morgan fingerprint density at radius 3 is 2.65 bits per heavy atom. The van der Waals surface area contributed by atoms with E-state index in [1.807, 2.05) is 0 Å². The first-order valence-corrected chi connectivity index (χ1v) is 9.19. The first kappa shape index (κ1) is 16.5. The molecule has 3 unspecified atom stereocenters. The van der Waals surface area contributed by atoms with E-state index in [1.54, 1.807) is 13.0 Å². The minimum absolute atomic E-state index is 0.117. The number of aryl methyl sites for hydroxylation is 1. The Hall–Kier alpha value is -1.31. The summed E-state index contributed by atoms with van der Waals surface area (Å²) in [4.78, 5) is 11.5. The maximum Gasteiger partial charge on any atom is 0.308 e. The smallest absolute Gasteiger partial charge is 0.308 e. The maximum atomic E-state index is 13.1. The van der Waals surface area contributed by atoms with Crippen molar-refractivity contribution in [3.8, 4) is 5.75 Å². The van der Waals surface area contributed by atoms with Crippen LogP contribution in [-0.2, 0) is 14.8 Å². The van der Waals surface area contributed by atoms with Crippen molar-refractivity contribution in [2.24, 2.45) is 5.92 Å². The number of benzene rings is 1. The predicted octanol–water partition coefficient (Wildman–Crippen LogP) is 2.28. The Kier molecular flexibility index (Phi) is 4.06. The second kappa shape index (κ2) is 5.65. The number of methoxy groups -OCH3 is 1. The Balaban J connectivity index is 2.04. The minimum Gasteiger partial charge on any atom is -0.495 e. The van der Waals surface area contributed by atoms with Gasteiger partial charge in [0.05, 0.1) is 22.9 Å². The molecule has 0 amide bonds. The molecule has 1 aromatic carbocycles. The summed E-state index contributed by atoms with van der Waals surface area (Å²) < 4.78 is 32.6. The summed E-state index contributed by atoms with van der Waals surface area (Å²) in [6, 6.07) is 2.26. The van der Waals surface area contributed by atoms with Gasteiger partial charge in [-0.1, -0.05) is 11.6 Å². The van der Waals surface area contributed by atoms with Gasteiger partial charge in [-0.05, 0) is 43.9 Å². The molecule has 6 nitrogen and oxygen atoms in total. The Bertz CT molecular complexity index is 763. The van der Waals surface area contributed by atoms with E-state index in [2.05, 4.69) is 0 Å². The van der Waals surface area contributed by atoms with Gasteiger partial charge in [-0.15, -0.1) is 0 Å². The fraction of sp³-hybridized carbons (Fsp3) is 0.533. The van der Waals surface area contributed by atoms with Crippen LogP contribution >= 0.6 is 11.6 Å². The monoisotopic (exact) mass is 359 g/mol. The van der Waals surface area contributed by atoms with Crippen molar-refractivity contribution in [1.82, 2.24) is 4.31 Å². The van der Waals surface area contributed by atoms with E-state index in [4.69, 9.17) is 16.3 Å². The number of hydrogen-bond acceptors (Lipinski definition) is 4. The van der Waals surface area contributed by atoms with Gasteiger partial charge >= 0.3 is 5.97 Å². The third-order valence-corrected chi connectivity index (χ3v) is 7.21. The lowest BCUT2D eigenvalue weighted by Gasteiger charge is -2.23. The van der Waals surface area contributed by atoms with Crippen molar-refractivity contribution >= 4 is 27.6 Å². The van der Waals surface area contributed by atoms with E-state index in [9.17, 15) is 18.3 Å². The Morgan fingerprint density at radius 1 is 1.39 bits per heavy atom. The van der Waals surface area contributed by atoms with Crippen LogP contribution in [0.2, 0.25) is 5.02 Å². The SMILES string of the molecule is COc1cc(C)c(S(=O)(=O)N2C3CCC2C(C(=O)O)C3)cc1Cl. The molecule has 2 bridgehead atoms. The van der Waals surface area contributed by atoms with Gasteiger partial charge in [0.25, 0.3) is 0 Å². The number of fused-ring (bicyclic) bond motifs is 2. The molecule has 0 radical (unpaired) electrons. The van der Waals surface area contributed by atoms with Crippen molar-refractivity contribution in [3.05, 3.63) is 22.7 Å². The molecule has 0 aliphatic carbocycles. The summed E-state index contributed by atoms with van der Waals surface area (Å²) in [6.45, 7) is 1.68. The van der Waals surface area contributed by atoms with Crippen molar-refractivity contribution in [2.45, 2.75) is 43.2 Å². The van der Waals surface area contributed by atoms with Crippen molar-refractivity contribution in [3.63, 3.8) is 0 Å². The first-order valence-electron chi connectivity index (χ1n) is 7.38. The van der Waals surface area contributed by atoms with Gasteiger partial charge in [0.15, 0.2) is 0 Å². The number of carboxylic acids is 1. The summed E-state index contributed by atoms with van der Waals surface area (Å²) in [5.74, 6) is -1.14. The molecule has 2 saturated heterocycles. The lowest BCUT2D eigenvalue weighted by atomic mass is 9.89. The quantitative estimate of drug-likeness (QED) is 0.891. The molecular weight excluding hydrogens is 342 g/mol. The lowest BCUT2D eigenvalue weighted by Crippen LogP contribution is -2.38. The largest absolute Gasteiger partial charge is 0.495 e. The molecule has 1 N–H and O–H groups in total. The van der Waals surface area contributed by atoms with Crippen LogP contribution < -0.4 is 4.74 Å². The fourth-order valence-electron chi connectivity index (χ4n) is 3.76. The summed E-state index contributed by atoms with van der Waals surface area (Å²) in [5, 5.41) is 9.52. The average molecular weight is 360 g/mol. The zero-order valence-corrected chi connectivity index (χ0v) is 14.4. The highest BCUT2D eigenvalue weighted by Crippen LogP contribution is 2.46. The van der Waals surface area contributed by atoms with Crippen LogP contribution in [0.4, 0.5) is 0 Å². The predicted molar refractivity (Wildman–Crippen MR) is 84.3 cm³/mol. The molecule has 3 rings (SSSR count). The maximum absolute atomic E-state index is 13.1. The topological polar surface area (TPSA) is 83.9 Å². The first-order chi connectivity index (χ1) is 10.8. The van der Waals surface area contributed by atoms with E-state index in [0.29, 0.717) is 30.6 Å². The van der Waals surface area contributed by atoms with E-state index >= 15 is 0 Å². The summed E-state index contributed by atoms with van der Waals surface area (Å²) in [6.07, 6.45) is 1.67. The highest BCUT2D eigenvalue weighted by molar-refractivity contribution is 7.89.